The number of aryl methyl sites for hydroxylation is 1. The first kappa shape index (κ1) is 12.6. The molecule has 18 heavy (non-hydrogen) atoms. The Labute approximate surface area is 108 Å². The third-order valence-corrected chi connectivity index (χ3v) is 2.76. The number of carbonyl (C=O) groups is 1. The SMILES string of the molecule is COC(=O)c1cc(F)cc(-c2c(Cl)cnn2C)c1. The summed E-state index contributed by atoms with van der Waals surface area (Å²) in [6.45, 7) is 0. The van der Waals surface area contributed by atoms with Crippen LogP contribution in [0.4, 0.5) is 4.39 Å². The number of hydrogen-bond acceptors (Lipinski definition) is 3. The lowest BCUT2D eigenvalue weighted by atomic mass is 10.1. The van der Waals surface area contributed by atoms with E-state index in [1.807, 2.05) is 0 Å². The fraction of sp³-hybridized carbons (Fsp3) is 0.167. The number of rotatable bonds is 2. The Morgan fingerprint density at radius 1 is 1.44 bits per heavy atom. The second kappa shape index (κ2) is 4.78. The van der Waals surface area contributed by atoms with Gasteiger partial charge in [0.15, 0.2) is 0 Å². The average molecular weight is 269 g/mol. The lowest BCUT2D eigenvalue weighted by Gasteiger charge is -2.06. The minimum atomic E-state index is -0.603. The number of esters is 1. The topological polar surface area (TPSA) is 44.1 Å². The van der Waals surface area contributed by atoms with Crippen LogP contribution in [-0.4, -0.2) is 22.9 Å². The number of methoxy groups -OCH3 is 1. The lowest BCUT2D eigenvalue weighted by molar-refractivity contribution is 0.0600. The third kappa shape index (κ3) is 2.22. The van der Waals surface area contributed by atoms with Crippen molar-refractivity contribution in [2.75, 3.05) is 7.11 Å². The van der Waals surface area contributed by atoms with E-state index in [9.17, 15) is 9.18 Å². The Balaban J connectivity index is 2.59. The molecule has 4 nitrogen and oxygen atoms in total. The summed E-state index contributed by atoms with van der Waals surface area (Å²) >= 11 is 5.98. The van der Waals surface area contributed by atoms with Crippen molar-refractivity contribution in [3.05, 3.63) is 40.8 Å². The zero-order valence-electron chi connectivity index (χ0n) is 9.78. The molecule has 6 heteroatoms. The van der Waals surface area contributed by atoms with Crippen LogP contribution in [0, 0.1) is 5.82 Å². The van der Waals surface area contributed by atoms with Gasteiger partial charge in [0.1, 0.15) is 5.82 Å². The smallest absolute Gasteiger partial charge is 0.337 e. The molecule has 1 aromatic heterocycles. The number of nitrogens with zero attached hydrogens (tertiary/aromatic N) is 2. The molecule has 0 aliphatic rings. The van der Waals surface area contributed by atoms with Gasteiger partial charge in [-0.25, -0.2) is 9.18 Å². The van der Waals surface area contributed by atoms with Crippen LogP contribution < -0.4 is 0 Å². The first-order valence-electron chi connectivity index (χ1n) is 5.09. The van der Waals surface area contributed by atoms with Crippen molar-refractivity contribution in [1.29, 1.82) is 0 Å². The zero-order valence-corrected chi connectivity index (χ0v) is 10.5. The fourth-order valence-electron chi connectivity index (χ4n) is 1.70. The predicted octanol–water partition coefficient (Wildman–Crippen LogP) is 2.67. The second-order valence-electron chi connectivity index (χ2n) is 3.68. The molecule has 0 unspecified atom stereocenters. The maximum Gasteiger partial charge on any atom is 0.337 e. The monoisotopic (exact) mass is 268 g/mol. The molecule has 0 aliphatic heterocycles. The molecule has 0 radical (unpaired) electrons. The van der Waals surface area contributed by atoms with Gasteiger partial charge in [-0.05, 0) is 18.2 Å². The van der Waals surface area contributed by atoms with Crippen LogP contribution in [-0.2, 0) is 11.8 Å². The lowest BCUT2D eigenvalue weighted by Crippen LogP contribution is -2.03. The van der Waals surface area contributed by atoms with Crippen molar-refractivity contribution in [3.63, 3.8) is 0 Å². The van der Waals surface area contributed by atoms with E-state index >= 15 is 0 Å². The van der Waals surface area contributed by atoms with Crippen LogP contribution >= 0.6 is 11.6 Å². The van der Waals surface area contributed by atoms with E-state index in [0.717, 1.165) is 6.07 Å². The van der Waals surface area contributed by atoms with E-state index in [1.54, 1.807) is 7.05 Å². The Kier molecular flexibility index (Phi) is 3.34. The largest absolute Gasteiger partial charge is 0.465 e. The maximum atomic E-state index is 13.5. The van der Waals surface area contributed by atoms with E-state index < -0.39 is 11.8 Å². The molecule has 0 fully saturated rings. The number of carbonyl (C=O) groups excluding carboxylic acids is 1. The van der Waals surface area contributed by atoms with Gasteiger partial charge in [0.05, 0.1) is 29.6 Å². The van der Waals surface area contributed by atoms with Gasteiger partial charge in [-0.1, -0.05) is 11.6 Å². The van der Waals surface area contributed by atoms with Crippen molar-refractivity contribution in [3.8, 4) is 11.3 Å². The van der Waals surface area contributed by atoms with Crippen LogP contribution in [0.2, 0.25) is 5.02 Å². The average Bonchev–Trinajstić information content (AvgIpc) is 2.67. The molecule has 0 saturated carbocycles. The highest BCUT2D eigenvalue weighted by Crippen LogP contribution is 2.28. The van der Waals surface area contributed by atoms with Crippen LogP contribution in [0.15, 0.2) is 24.4 Å². The van der Waals surface area contributed by atoms with Crippen LogP contribution in [0.1, 0.15) is 10.4 Å². The number of aromatic nitrogens is 2. The van der Waals surface area contributed by atoms with Crippen LogP contribution in [0.5, 0.6) is 0 Å². The first-order valence-corrected chi connectivity index (χ1v) is 5.47. The highest BCUT2D eigenvalue weighted by molar-refractivity contribution is 6.33. The molecular weight excluding hydrogens is 259 g/mol. The van der Waals surface area contributed by atoms with Gasteiger partial charge in [0.2, 0.25) is 0 Å². The summed E-state index contributed by atoms with van der Waals surface area (Å²) in [5, 5.41) is 4.35. The molecule has 2 aromatic rings. The third-order valence-electron chi connectivity index (χ3n) is 2.49. The molecule has 0 bridgehead atoms. The van der Waals surface area contributed by atoms with Gasteiger partial charge in [-0.15, -0.1) is 0 Å². The molecule has 0 saturated heterocycles. The summed E-state index contributed by atoms with van der Waals surface area (Å²) in [5.74, 6) is -1.14. The maximum absolute atomic E-state index is 13.5. The Morgan fingerprint density at radius 3 is 2.72 bits per heavy atom. The molecule has 0 N–H and O–H groups in total. The van der Waals surface area contributed by atoms with Gasteiger partial charge in [0.25, 0.3) is 0 Å². The Morgan fingerprint density at radius 2 is 2.17 bits per heavy atom. The van der Waals surface area contributed by atoms with Gasteiger partial charge in [0, 0.05) is 12.6 Å². The van der Waals surface area contributed by atoms with Crippen molar-refractivity contribution in [1.82, 2.24) is 9.78 Å². The molecule has 1 aromatic carbocycles. The van der Waals surface area contributed by atoms with E-state index in [1.165, 1.54) is 30.1 Å². The number of hydrogen-bond donors (Lipinski definition) is 0. The van der Waals surface area contributed by atoms with Crippen LogP contribution in [0.25, 0.3) is 11.3 Å². The molecule has 0 spiro atoms. The summed E-state index contributed by atoms with van der Waals surface area (Å²) < 4.78 is 19.6. The van der Waals surface area contributed by atoms with E-state index in [0.29, 0.717) is 16.3 Å². The van der Waals surface area contributed by atoms with Crippen molar-refractivity contribution in [2.24, 2.45) is 7.05 Å². The molecule has 2 rings (SSSR count). The standard InChI is InChI=1S/C12H10ClFN2O2/c1-16-11(10(13)6-15-16)7-3-8(12(17)18-2)5-9(14)4-7/h3-6H,1-2H3. The van der Waals surface area contributed by atoms with Gasteiger partial charge in [-0.3, -0.25) is 4.68 Å². The van der Waals surface area contributed by atoms with Gasteiger partial charge < -0.3 is 4.74 Å². The summed E-state index contributed by atoms with van der Waals surface area (Å²) in [6.07, 6.45) is 1.46. The molecule has 0 aliphatic carbocycles. The van der Waals surface area contributed by atoms with Gasteiger partial charge >= 0.3 is 5.97 Å². The van der Waals surface area contributed by atoms with Crippen molar-refractivity contribution < 1.29 is 13.9 Å². The highest BCUT2D eigenvalue weighted by atomic mass is 35.5. The van der Waals surface area contributed by atoms with E-state index in [2.05, 4.69) is 9.84 Å². The normalized spacial score (nSPS) is 10.4. The minimum absolute atomic E-state index is 0.129. The predicted molar refractivity (Wildman–Crippen MR) is 65.0 cm³/mol. The van der Waals surface area contributed by atoms with Crippen molar-refractivity contribution in [2.45, 2.75) is 0 Å². The summed E-state index contributed by atoms with van der Waals surface area (Å²) in [5.41, 5.74) is 1.14. The molecular formula is C12H10ClFN2O2. The molecule has 0 amide bonds. The Bertz CT molecular complexity index is 591. The van der Waals surface area contributed by atoms with E-state index in [-0.39, 0.29) is 5.56 Å². The summed E-state index contributed by atoms with van der Waals surface area (Å²) in [7, 11) is 2.92. The number of ether oxygens (including phenoxy) is 1. The molecule has 1 heterocycles. The molecule has 0 atom stereocenters. The van der Waals surface area contributed by atoms with E-state index in [4.69, 9.17) is 11.6 Å². The van der Waals surface area contributed by atoms with Crippen LogP contribution in [0.3, 0.4) is 0 Å². The number of halogens is 2. The zero-order chi connectivity index (χ0) is 13.3. The van der Waals surface area contributed by atoms with Gasteiger partial charge in [-0.2, -0.15) is 5.10 Å². The second-order valence-corrected chi connectivity index (χ2v) is 4.09. The Hall–Kier alpha value is -1.88. The molecule has 94 valence electrons. The summed E-state index contributed by atoms with van der Waals surface area (Å²) in [6, 6.07) is 3.91. The first-order chi connectivity index (χ1) is 8.52. The van der Waals surface area contributed by atoms with Crippen molar-refractivity contribution >= 4 is 17.6 Å². The summed E-state index contributed by atoms with van der Waals surface area (Å²) in [4.78, 5) is 11.4. The highest BCUT2D eigenvalue weighted by Gasteiger charge is 2.14. The minimum Gasteiger partial charge on any atom is -0.465 e. The fourth-order valence-corrected chi connectivity index (χ4v) is 1.97. The number of benzene rings is 1. The quantitative estimate of drug-likeness (QED) is 0.787.